The molecule has 3 aromatic rings. The number of rotatable bonds is 7. The van der Waals surface area contributed by atoms with E-state index in [9.17, 15) is 29.7 Å². The SMILES string of the molecule is COC(=O)C1O[C@@H](Oc2c3n(ncc2=O)[C@@H](C(c2ccccc2)c2ccccc2)CN(C(C)C)C3=O)C(O)C(O)[C@@H]1O. The van der Waals surface area contributed by atoms with Gasteiger partial charge in [0.1, 0.15) is 18.3 Å². The van der Waals surface area contributed by atoms with E-state index in [1.54, 1.807) is 4.90 Å². The molecular formula is C30H33N3O9. The lowest BCUT2D eigenvalue weighted by Gasteiger charge is -2.42. The van der Waals surface area contributed by atoms with Gasteiger partial charge >= 0.3 is 5.97 Å². The van der Waals surface area contributed by atoms with Crippen molar-refractivity contribution in [3.05, 3.63) is 93.9 Å². The summed E-state index contributed by atoms with van der Waals surface area (Å²) in [6.07, 6.45) is -8.06. The number of aromatic nitrogens is 2. The topological polar surface area (TPSA) is 161 Å². The highest BCUT2D eigenvalue weighted by Crippen LogP contribution is 2.40. The van der Waals surface area contributed by atoms with E-state index in [4.69, 9.17) is 9.47 Å². The number of aliphatic hydroxyl groups is 3. The minimum Gasteiger partial charge on any atom is -0.467 e. The summed E-state index contributed by atoms with van der Waals surface area (Å²) >= 11 is 0. The van der Waals surface area contributed by atoms with Crippen LogP contribution in [0.5, 0.6) is 5.75 Å². The van der Waals surface area contributed by atoms with Crippen molar-refractivity contribution >= 4 is 11.9 Å². The van der Waals surface area contributed by atoms with Gasteiger partial charge in [0, 0.05) is 18.5 Å². The molecule has 2 aliphatic heterocycles. The summed E-state index contributed by atoms with van der Waals surface area (Å²) in [7, 11) is 1.06. The summed E-state index contributed by atoms with van der Waals surface area (Å²) < 4.78 is 17.4. The molecule has 1 fully saturated rings. The number of nitrogens with zero attached hydrogens (tertiary/aromatic N) is 3. The highest BCUT2D eigenvalue weighted by Gasteiger charge is 2.49. The van der Waals surface area contributed by atoms with Gasteiger partial charge < -0.3 is 34.4 Å². The maximum absolute atomic E-state index is 13.9. The number of amides is 1. The molecule has 2 aromatic carbocycles. The van der Waals surface area contributed by atoms with E-state index in [-0.39, 0.29) is 24.2 Å². The Bertz CT molecular complexity index is 1440. The van der Waals surface area contributed by atoms with Crippen molar-refractivity contribution in [2.45, 2.75) is 62.6 Å². The second-order valence-corrected chi connectivity index (χ2v) is 10.6. The fourth-order valence-corrected chi connectivity index (χ4v) is 5.53. The van der Waals surface area contributed by atoms with Crippen LogP contribution in [0, 0.1) is 0 Å². The number of ether oxygens (including phenoxy) is 3. The number of hydrogen-bond donors (Lipinski definition) is 3. The zero-order valence-electron chi connectivity index (χ0n) is 23.3. The Morgan fingerprint density at radius 2 is 1.55 bits per heavy atom. The molecule has 1 amide bonds. The van der Waals surface area contributed by atoms with Gasteiger partial charge in [-0.3, -0.25) is 14.3 Å². The van der Waals surface area contributed by atoms with Crippen LogP contribution in [0.1, 0.15) is 47.4 Å². The molecule has 2 aliphatic rings. The van der Waals surface area contributed by atoms with Crippen LogP contribution >= 0.6 is 0 Å². The largest absolute Gasteiger partial charge is 0.467 e. The van der Waals surface area contributed by atoms with Crippen molar-refractivity contribution < 1.29 is 39.1 Å². The molecule has 0 aliphatic carbocycles. The summed E-state index contributed by atoms with van der Waals surface area (Å²) in [6.45, 7) is 3.98. The molecule has 5 rings (SSSR count). The summed E-state index contributed by atoms with van der Waals surface area (Å²) in [5.41, 5.74) is 0.978. The normalized spacial score (nSPS) is 25.8. The number of esters is 1. The molecule has 0 saturated carbocycles. The van der Waals surface area contributed by atoms with Crippen LogP contribution < -0.4 is 10.2 Å². The third-order valence-corrected chi connectivity index (χ3v) is 7.69. The number of methoxy groups -OCH3 is 1. The van der Waals surface area contributed by atoms with Gasteiger partial charge in [-0.2, -0.15) is 5.10 Å². The second-order valence-electron chi connectivity index (χ2n) is 10.6. The maximum atomic E-state index is 13.9. The van der Waals surface area contributed by atoms with Crippen molar-refractivity contribution in [2.24, 2.45) is 0 Å². The number of carbonyl (C=O) groups excluding carboxylic acids is 2. The number of hydrogen-bond acceptors (Lipinski definition) is 10. The Hall–Kier alpha value is -4.10. The third-order valence-electron chi connectivity index (χ3n) is 7.69. The van der Waals surface area contributed by atoms with Crippen LogP contribution in [0.25, 0.3) is 0 Å². The zero-order valence-corrected chi connectivity index (χ0v) is 23.3. The monoisotopic (exact) mass is 579 g/mol. The van der Waals surface area contributed by atoms with Gasteiger partial charge in [0.05, 0.1) is 19.3 Å². The summed E-state index contributed by atoms with van der Waals surface area (Å²) in [4.78, 5) is 40.9. The summed E-state index contributed by atoms with van der Waals surface area (Å²) in [5, 5.41) is 35.7. The Balaban J connectivity index is 1.64. The molecule has 12 heteroatoms. The lowest BCUT2D eigenvalue weighted by atomic mass is 9.83. The number of benzene rings is 2. The van der Waals surface area contributed by atoms with Crippen molar-refractivity contribution in [3.63, 3.8) is 0 Å². The highest BCUT2D eigenvalue weighted by molar-refractivity contribution is 5.96. The predicted octanol–water partition coefficient (Wildman–Crippen LogP) is 0.840. The molecule has 1 aromatic heterocycles. The van der Waals surface area contributed by atoms with Gasteiger partial charge in [0.2, 0.25) is 17.5 Å². The summed E-state index contributed by atoms with van der Waals surface area (Å²) in [5.74, 6) is -2.31. The predicted molar refractivity (Wildman–Crippen MR) is 148 cm³/mol. The van der Waals surface area contributed by atoms with Crippen LogP contribution in [0.15, 0.2) is 71.7 Å². The maximum Gasteiger partial charge on any atom is 0.337 e. The Labute approximate surface area is 241 Å². The number of aliphatic hydroxyl groups excluding tert-OH is 3. The fraction of sp³-hybridized carbons (Fsp3) is 0.400. The van der Waals surface area contributed by atoms with Gasteiger partial charge in [-0.1, -0.05) is 60.7 Å². The second kappa shape index (κ2) is 12.0. The molecule has 3 N–H and O–H groups in total. The van der Waals surface area contributed by atoms with Gasteiger partial charge in [-0.25, -0.2) is 4.79 Å². The van der Waals surface area contributed by atoms with E-state index in [1.165, 1.54) is 4.68 Å². The first-order valence-electron chi connectivity index (χ1n) is 13.6. The van der Waals surface area contributed by atoms with E-state index in [2.05, 4.69) is 9.84 Å². The van der Waals surface area contributed by atoms with Crippen LogP contribution in [-0.2, 0) is 14.3 Å². The Morgan fingerprint density at radius 3 is 2.10 bits per heavy atom. The minimum absolute atomic E-state index is 0.171. The average Bonchev–Trinajstić information content (AvgIpc) is 3.00. The number of fused-ring (bicyclic) bond motifs is 1. The van der Waals surface area contributed by atoms with Gasteiger partial charge in [-0.05, 0) is 25.0 Å². The van der Waals surface area contributed by atoms with E-state index in [0.717, 1.165) is 24.4 Å². The first-order chi connectivity index (χ1) is 20.1. The van der Waals surface area contributed by atoms with Gasteiger partial charge in [0.15, 0.2) is 11.8 Å². The van der Waals surface area contributed by atoms with Gasteiger partial charge in [0.25, 0.3) is 5.91 Å². The van der Waals surface area contributed by atoms with Crippen LogP contribution in [0.3, 0.4) is 0 Å². The lowest BCUT2D eigenvalue weighted by Crippen LogP contribution is -2.61. The Morgan fingerprint density at radius 1 is 0.952 bits per heavy atom. The fourth-order valence-electron chi connectivity index (χ4n) is 5.53. The average molecular weight is 580 g/mol. The van der Waals surface area contributed by atoms with Crippen molar-refractivity contribution in [2.75, 3.05) is 13.7 Å². The van der Waals surface area contributed by atoms with E-state index in [0.29, 0.717) is 0 Å². The van der Waals surface area contributed by atoms with Crippen LogP contribution in [-0.4, -0.2) is 92.3 Å². The molecule has 0 radical (unpaired) electrons. The molecule has 3 heterocycles. The first kappa shape index (κ1) is 29.4. The first-order valence-corrected chi connectivity index (χ1v) is 13.6. The van der Waals surface area contributed by atoms with Crippen LogP contribution in [0.2, 0.25) is 0 Å². The molecule has 6 atom stereocenters. The molecule has 1 saturated heterocycles. The van der Waals surface area contributed by atoms with Crippen LogP contribution in [0.4, 0.5) is 0 Å². The molecule has 3 unspecified atom stereocenters. The minimum atomic E-state index is -1.87. The van der Waals surface area contributed by atoms with E-state index >= 15 is 0 Å². The summed E-state index contributed by atoms with van der Waals surface area (Å²) in [6, 6.07) is 18.7. The van der Waals surface area contributed by atoms with E-state index < -0.39 is 59.8 Å². The van der Waals surface area contributed by atoms with Crippen molar-refractivity contribution in [3.8, 4) is 5.75 Å². The van der Waals surface area contributed by atoms with Crippen molar-refractivity contribution in [1.29, 1.82) is 0 Å². The molecule has 222 valence electrons. The molecular weight excluding hydrogens is 546 g/mol. The highest BCUT2D eigenvalue weighted by atomic mass is 16.7. The lowest BCUT2D eigenvalue weighted by molar-refractivity contribution is -0.272. The smallest absolute Gasteiger partial charge is 0.337 e. The third kappa shape index (κ3) is 5.29. The van der Waals surface area contributed by atoms with Gasteiger partial charge in [-0.15, -0.1) is 0 Å². The quantitative estimate of drug-likeness (QED) is 0.342. The van der Waals surface area contributed by atoms with E-state index in [1.807, 2.05) is 74.5 Å². The molecule has 0 spiro atoms. The Kier molecular flexibility index (Phi) is 8.41. The zero-order chi connectivity index (χ0) is 30.1. The molecule has 12 nitrogen and oxygen atoms in total. The number of carbonyl (C=O) groups is 2. The molecule has 0 bridgehead atoms. The molecule has 42 heavy (non-hydrogen) atoms. The van der Waals surface area contributed by atoms with Crippen molar-refractivity contribution in [1.82, 2.24) is 14.7 Å². The standard InChI is InChI=1S/C30H33N3O9/c1-16(2)32-15-19(21(17-10-6-4-7-11-17)18-12-8-5-9-13-18)33-22(28(32)38)26(20(34)14-31-33)41-30-25(37)23(35)24(36)27(42-30)29(39)40-3/h4-14,16,19,21,23-25,27,30,35-37H,15H2,1-3H3/t19-,23?,24+,25?,27?,30-/m1/s1.